The lowest BCUT2D eigenvalue weighted by Crippen LogP contribution is -2.81. The van der Waals surface area contributed by atoms with Crippen LogP contribution in [0, 0.1) is 22.7 Å². The lowest BCUT2D eigenvalue weighted by Gasteiger charge is -2.67. The predicted octanol–water partition coefficient (Wildman–Crippen LogP) is 3.36. The summed E-state index contributed by atoms with van der Waals surface area (Å²) in [5, 5.41) is 46.1. The number of unbranched alkanes of at least 4 members (excludes halogenated alkanes) is 1. The van der Waals surface area contributed by atoms with Crippen molar-refractivity contribution in [3.8, 4) is 0 Å². The van der Waals surface area contributed by atoms with Crippen molar-refractivity contribution >= 4 is 65.1 Å². The highest BCUT2D eigenvalue weighted by Gasteiger charge is 2.78. The lowest BCUT2D eigenvalue weighted by molar-refractivity contribution is -0.346. The number of fused-ring (bicyclic) bond motifs is 5. The number of esters is 5. The third-order valence-electron chi connectivity index (χ3n) is 17.1. The maximum Gasteiger partial charge on any atom is 0.408 e. The Balaban J connectivity index is 1.23. The Morgan fingerprint density at radius 1 is 0.822 bits per heavy atom. The van der Waals surface area contributed by atoms with E-state index in [9.17, 15) is 58.5 Å². The molecule has 26 heteroatoms. The van der Waals surface area contributed by atoms with E-state index in [2.05, 4.69) is 16.0 Å². The number of amides is 3. The minimum absolute atomic E-state index is 0.00738. The van der Waals surface area contributed by atoms with Crippen molar-refractivity contribution in [3.63, 3.8) is 0 Å². The Morgan fingerprint density at radius 2 is 1.47 bits per heavy atom. The van der Waals surface area contributed by atoms with Gasteiger partial charge in [-0.25, -0.2) is 19.2 Å². The molecule has 3 aliphatic carbocycles. The van der Waals surface area contributed by atoms with Gasteiger partial charge in [0, 0.05) is 58.1 Å². The van der Waals surface area contributed by atoms with Gasteiger partial charge in [0.05, 0.1) is 48.7 Å². The number of carbonyl (C=O) groups excluding carboxylic acids is 11. The molecule has 6 rings (SSSR count). The standard InChI is InChI=1S/C64H85N3O23/c1-11-84-56(77)40(28-41(69)25-26-42(70)31-66-46(72)32-82-10)24-18-19-27-65-47(73)33-83-34-48(74)87-52(50(38-20-14-12-15-21-38)67-59(80)90-60(4,5)6)58(79)86-43-30-64(81)55(88-57(78)39-22-16-13-17-23-39)53-62(9,54(76)51(75)49(36(43)2)61(64,7)8)44(71)29-45-63(53,35-85-45)89-37(3)68/h12-17,20-23,40,43-45,50-53,55,71,75,81H,11,18-19,24-35H2,1-10H3,(H,65,73)(H,66,72)(H,67,80)/t40-,43+,44+,45-,50?,51-,52-,53+,55?,62-,63+,64-/m1/s1. The summed E-state index contributed by atoms with van der Waals surface area (Å²) in [7, 11) is 1.33. The summed E-state index contributed by atoms with van der Waals surface area (Å²) in [6, 6.07) is 13.8. The second-order valence-corrected chi connectivity index (χ2v) is 24.8. The van der Waals surface area contributed by atoms with Crippen molar-refractivity contribution in [3.05, 3.63) is 82.9 Å². The average molecular weight is 1260 g/mol. The lowest BCUT2D eigenvalue weighted by atomic mass is 9.44. The molecule has 0 aromatic heterocycles. The van der Waals surface area contributed by atoms with E-state index in [1.165, 1.54) is 59.1 Å². The van der Waals surface area contributed by atoms with Crippen molar-refractivity contribution in [2.75, 3.05) is 53.2 Å². The van der Waals surface area contributed by atoms with Crippen molar-refractivity contribution in [1.82, 2.24) is 16.0 Å². The minimum atomic E-state index is -2.52. The first-order valence-electron chi connectivity index (χ1n) is 30.0. The summed E-state index contributed by atoms with van der Waals surface area (Å²) in [5.41, 5.74) is -9.31. The van der Waals surface area contributed by atoms with E-state index in [-0.39, 0.29) is 98.9 Å². The van der Waals surface area contributed by atoms with Crippen LogP contribution in [0.1, 0.15) is 136 Å². The van der Waals surface area contributed by atoms with Crippen molar-refractivity contribution < 1.29 is 111 Å². The van der Waals surface area contributed by atoms with E-state index >= 15 is 9.59 Å². The maximum atomic E-state index is 15.3. The highest BCUT2D eigenvalue weighted by Crippen LogP contribution is 2.64. The van der Waals surface area contributed by atoms with Gasteiger partial charge in [0.1, 0.15) is 67.3 Å². The second-order valence-electron chi connectivity index (χ2n) is 24.8. The molecule has 1 saturated heterocycles. The second kappa shape index (κ2) is 30.5. The summed E-state index contributed by atoms with van der Waals surface area (Å²) in [6.45, 7) is 10.9. The molecular weight excluding hydrogens is 1180 g/mol. The number of benzene rings is 2. The summed E-state index contributed by atoms with van der Waals surface area (Å²) >= 11 is 0. The van der Waals surface area contributed by atoms with Crippen LogP contribution in [-0.2, 0) is 85.8 Å². The molecule has 2 unspecified atom stereocenters. The Hall–Kier alpha value is -7.49. The zero-order chi connectivity index (χ0) is 66.5. The van der Waals surface area contributed by atoms with Gasteiger partial charge in [-0.05, 0) is 83.2 Å². The van der Waals surface area contributed by atoms with Crippen molar-refractivity contribution in [2.24, 2.45) is 22.7 Å². The third-order valence-corrected chi connectivity index (χ3v) is 17.1. The van der Waals surface area contributed by atoms with E-state index in [0.717, 1.165) is 6.92 Å². The number of carbonyl (C=O) groups is 11. The number of rotatable bonds is 29. The van der Waals surface area contributed by atoms with Crippen LogP contribution in [0.25, 0.3) is 0 Å². The third kappa shape index (κ3) is 16.7. The Bertz CT molecular complexity index is 3000. The zero-order valence-corrected chi connectivity index (χ0v) is 52.6. The summed E-state index contributed by atoms with van der Waals surface area (Å²) in [4.78, 5) is 148. The first-order valence-corrected chi connectivity index (χ1v) is 30.0. The van der Waals surface area contributed by atoms with Crippen LogP contribution in [-0.4, -0.2) is 187 Å². The molecule has 1 heterocycles. The van der Waals surface area contributed by atoms with Crippen LogP contribution >= 0.6 is 0 Å². The Morgan fingerprint density at radius 3 is 2.08 bits per heavy atom. The first-order chi connectivity index (χ1) is 42.3. The van der Waals surface area contributed by atoms with Crippen LogP contribution in [0.5, 0.6) is 0 Å². The predicted molar refractivity (Wildman–Crippen MR) is 314 cm³/mol. The Kier molecular flexibility index (Phi) is 24.3. The smallest absolute Gasteiger partial charge is 0.408 e. The number of nitrogens with one attached hydrogen (secondary N) is 3. The summed E-state index contributed by atoms with van der Waals surface area (Å²) in [5.74, 6) is -10.4. The SMILES string of the molecule is CCOC(=O)[C@H](CCCCNC(=O)COCC(=O)O[C@@H](C(=O)O[C@H]1C[C@@]2(O)C(OC(=O)c3ccccc3)[C@@H]3[C@]4(OC(C)=O)CO[C@@H]4C[C@H](O)[C@@]3(C)C(=O)[C@H](O)C(=C1C)C2(C)C)C(NC(=O)OC(C)(C)C)c1ccccc1)CC(=O)CCC(=O)CNC(=O)COC. The molecule has 3 amide bonds. The topological polar surface area (TPSA) is 368 Å². The van der Waals surface area contributed by atoms with Gasteiger partial charge in [0.15, 0.2) is 17.2 Å². The molecule has 2 aromatic carbocycles. The quantitative estimate of drug-likeness (QED) is 0.0294. The first kappa shape index (κ1) is 71.6. The van der Waals surface area contributed by atoms with E-state index in [0.29, 0.717) is 12.8 Å². The number of Topliss-reactive ketones (excluding diaryl/α,β-unsaturated/α-hetero) is 3. The molecule has 3 fully saturated rings. The number of hydrogen-bond donors (Lipinski definition) is 6. The van der Waals surface area contributed by atoms with Crippen LogP contribution in [0.4, 0.5) is 4.79 Å². The molecule has 2 aromatic rings. The number of aliphatic hydroxyl groups is 3. The number of ether oxygens (including phenoxy) is 9. The normalized spacial score (nSPS) is 25.9. The fraction of sp³-hybridized carbons (Fsp3) is 0.609. The molecule has 12 atom stereocenters. The summed E-state index contributed by atoms with van der Waals surface area (Å²) in [6.07, 6.45) is -12.2. The number of ketones is 3. The molecule has 2 saturated carbocycles. The largest absolute Gasteiger partial charge is 0.466 e. The van der Waals surface area contributed by atoms with Crippen LogP contribution in [0.15, 0.2) is 71.8 Å². The van der Waals surface area contributed by atoms with Crippen LogP contribution < -0.4 is 16.0 Å². The van der Waals surface area contributed by atoms with Gasteiger partial charge in [-0.1, -0.05) is 68.8 Å². The Labute approximate surface area is 522 Å². The van der Waals surface area contributed by atoms with E-state index in [1.54, 1.807) is 64.1 Å². The summed E-state index contributed by atoms with van der Waals surface area (Å²) < 4.78 is 51.4. The van der Waals surface area contributed by atoms with Crippen molar-refractivity contribution in [2.45, 2.75) is 173 Å². The molecule has 6 N–H and O–H groups in total. The molecule has 90 heavy (non-hydrogen) atoms. The van der Waals surface area contributed by atoms with Gasteiger partial charge in [0.25, 0.3) is 0 Å². The molecule has 1 aliphatic heterocycles. The number of methoxy groups -OCH3 is 1. The molecule has 4 aliphatic rings. The monoisotopic (exact) mass is 1260 g/mol. The molecule has 0 radical (unpaired) electrons. The van der Waals surface area contributed by atoms with Gasteiger partial charge < -0.3 is 73.9 Å². The molecular formula is C64H85N3O23. The number of aliphatic hydroxyl groups excluding tert-OH is 2. The van der Waals surface area contributed by atoms with Gasteiger partial charge in [-0.15, -0.1) is 0 Å². The van der Waals surface area contributed by atoms with Gasteiger partial charge in [-0.2, -0.15) is 0 Å². The highest BCUT2D eigenvalue weighted by atomic mass is 16.6. The maximum absolute atomic E-state index is 15.3. The highest BCUT2D eigenvalue weighted by molar-refractivity contribution is 5.95. The molecule has 494 valence electrons. The number of hydrogen-bond acceptors (Lipinski definition) is 23. The fourth-order valence-electron chi connectivity index (χ4n) is 12.5. The van der Waals surface area contributed by atoms with Gasteiger partial charge in [-0.3, -0.25) is 33.6 Å². The van der Waals surface area contributed by atoms with E-state index in [4.69, 9.17) is 42.6 Å². The van der Waals surface area contributed by atoms with E-state index < -0.39 is 155 Å². The van der Waals surface area contributed by atoms with Crippen LogP contribution in [0.3, 0.4) is 0 Å². The molecule has 26 nitrogen and oxygen atoms in total. The number of alkyl carbamates (subject to hydrolysis) is 1. The van der Waals surface area contributed by atoms with Gasteiger partial charge >= 0.3 is 35.9 Å². The molecule has 2 bridgehead atoms. The fourth-order valence-corrected chi connectivity index (χ4v) is 12.5. The molecule has 0 spiro atoms. The van der Waals surface area contributed by atoms with E-state index in [1.807, 2.05) is 0 Å². The minimum Gasteiger partial charge on any atom is -0.466 e. The van der Waals surface area contributed by atoms with Gasteiger partial charge in [0.2, 0.25) is 17.9 Å². The average Bonchev–Trinajstić information content (AvgIpc) is 0.672. The van der Waals surface area contributed by atoms with Crippen LogP contribution in [0.2, 0.25) is 0 Å². The zero-order valence-electron chi connectivity index (χ0n) is 52.6. The van der Waals surface area contributed by atoms with Crippen molar-refractivity contribution in [1.29, 1.82) is 0 Å².